The number of hydrogen-bond donors (Lipinski definition) is 1. The lowest BCUT2D eigenvalue weighted by Crippen LogP contribution is -2.09. The zero-order valence-corrected chi connectivity index (χ0v) is 11.0. The molecule has 0 saturated heterocycles. The Morgan fingerprint density at radius 3 is 2.69 bits per heavy atom. The maximum Gasteiger partial charge on any atom is 0.0743 e. The van der Waals surface area contributed by atoms with Crippen molar-refractivity contribution in [2.75, 3.05) is 19.8 Å². The fraction of sp³-hybridized carbons (Fsp3) is 0.500. The molecule has 0 fully saturated rings. The van der Waals surface area contributed by atoms with Crippen molar-refractivity contribution in [1.29, 1.82) is 0 Å². The van der Waals surface area contributed by atoms with E-state index in [0.29, 0.717) is 13.2 Å². The first-order chi connectivity index (χ1) is 6.24. The third-order valence-electron chi connectivity index (χ3n) is 1.51. The molecule has 74 valence electrons. The second-order valence-electron chi connectivity index (χ2n) is 2.50. The molecule has 0 aliphatic rings. The van der Waals surface area contributed by atoms with Gasteiger partial charge in [0.05, 0.1) is 20.8 Å². The van der Waals surface area contributed by atoms with Gasteiger partial charge in [0.1, 0.15) is 0 Å². The van der Waals surface area contributed by atoms with Gasteiger partial charge in [0.2, 0.25) is 0 Å². The van der Waals surface area contributed by atoms with E-state index in [1.165, 1.54) is 9.35 Å². The van der Waals surface area contributed by atoms with E-state index in [1.807, 2.05) is 0 Å². The first-order valence-corrected chi connectivity index (χ1v) is 6.36. The second kappa shape index (κ2) is 6.14. The molecule has 0 aromatic carbocycles. The molecule has 0 amide bonds. The van der Waals surface area contributed by atoms with Gasteiger partial charge in [0.25, 0.3) is 0 Å². The van der Waals surface area contributed by atoms with E-state index < -0.39 is 0 Å². The van der Waals surface area contributed by atoms with Gasteiger partial charge >= 0.3 is 0 Å². The zero-order chi connectivity index (χ0) is 9.68. The summed E-state index contributed by atoms with van der Waals surface area (Å²) in [5.74, 6) is 0. The molecule has 0 aliphatic carbocycles. The molecule has 0 spiro atoms. The molecular formula is C8H11Br2NOS. The van der Waals surface area contributed by atoms with Crippen LogP contribution in [0.5, 0.6) is 0 Å². The van der Waals surface area contributed by atoms with Crippen LogP contribution in [0.25, 0.3) is 0 Å². The molecule has 2 nitrogen and oxygen atoms in total. The molecule has 13 heavy (non-hydrogen) atoms. The van der Waals surface area contributed by atoms with Gasteiger partial charge in [-0.15, -0.1) is 11.3 Å². The minimum Gasteiger partial charge on any atom is -0.380 e. The standard InChI is InChI=1S/C8H11Br2NOS/c9-7-5-6(8(10)13-7)1-3-12-4-2-11/h5H,1-4,11H2. The van der Waals surface area contributed by atoms with Crippen LogP contribution in [0.3, 0.4) is 0 Å². The Hall–Kier alpha value is 0.580. The lowest BCUT2D eigenvalue weighted by atomic mass is 10.3. The number of ether oxygens (including phenoxy) is 1. The summed E-state index contributed by atoms with van der Waals surface area (Å²) in [7, 11) is 0. The van der Waals surface area contributed by atoms with E-state index in [2.05, 4.69) is 37.9 Å². The van der Waals surface area contributed by atoms with E-state index in [0.717, 1.165) is 16.8 Å². The summed E-state index contributed by atoms with van der Waals surface area (Å²) in [5, 5.41) is 0. The first kappa shape index (κ1) is 11.7. The lowest BCUT2D eigenvalue weighted by molar-refractivity contribution is 0.144. The Labute approximate surface area is 98.7 Å². The van der Waals surface area contributed by atoms with Crippen LogP contribution in [0, 0.1) is 0 Å². The average molecular weight is 329 g/mol. The molecule has 0 unspecified atom stereocenters. The smallest absolute Gasteiger partial charge is 0.0743 e. The SMILES string of the molecule is NCCOCCc1cc(Br)sc1Br. The van der Waals surface area contributed by atoms with Crippen molar-refractivity contribution >= 4 is 43.2 Å². The molecule has 0 atom stereocenters. The molecular weight excluding hydrogens is 318 g/mol. The van der Waals surface area contributed by atoms with Gasteiger partial charge in [-0.1, -0.05) is 0 Å². The largest absolute Gasteiger partial charge is 0.380 e. The summed E-state index contributed by atoms with van der Waals surface area (Å²) in [6.45, 7) is 1.97. The molecule has 2 N–H and O–H groups in total. The number of rotatable bonds is 5. The zero-order valence-electron chi connectivity index (χ0n) is 7.06. The predicted octanol–water partition coefficient (Wildman–Crippen LogP) is 2.79. The summed E-state index contributed by atoms with van der Waals surface area (Å²) < 4.78 is 7.62. The highest BCUT2D eigenvalue weighted by molar-refractivity contribution is 9.12. The van der Waals surface area contributed by atoms with Crippen LogP contribution in [0.15, 0.2) is 13.6 Å². The minimum absolute atomic E-state index is 0.592. The van der Waals surface area contributed by atoms with Crippen molar-refractivity contribution < 1.29 is 4.74 Å². The number of thiophene rings is 1. The van der Waals surface area contributed by atoms with Gasteiger partial charge in [-0.2, -0.15) is 0 Å². The Balaban J connectivity index is 2.32. The van der Waals surface area contributed by atoms with Crippen LogP contribution in [-0.2, 0) is 11.2 Å². The minimum atomic E-state index is 0.592. The van der Waals surface area contributed by atoms with E-state index in [1.54, 1.807) is 11.3 Å². The van der Waals surface area contributed by atoms with E-state index >= 15 is 0 Å². The molecule has 0 bridgehead atoms. The molecule has 0 aliphatic heterocycles. The quantitative estimate of drug-likeness (QED) is 0.843. The topological polar surface area (TPSA) is 35.2 Å². The molecule has 1 aromatic rings. The monoisotopic (exact) mass is 327 g/mol. The van der Waals surface area contributed by atoms with Crippen molar-refractivity contribution in [2.24, 2.45) is 5.73 Å². The molecule has 1 rings (SSSR count). The normalized spacial score (nSPS) is 10.7. The lowest BCUT2D eigenvalue weighted by Gasteiger charge is -2.00. The van der Waals surface area contributed by atoms with Crippen LogP contribution in [-0.4, -0.2) is 19.8 Å². The van der Waals surface area contributed by atoms with E-state index in [9.17, 15) is 0 Å². The molecule has 1 aromatic heterocycles. The highest BCUT2D eigenvalue weighted by Crippen LogP contribution is 2.31. The Morgan fingerprint density at radius 1 is 1.38 bits per heavy atom. The molecule has 0 saturated carbocycles. The summed E-state index contributed by atoms with van der Waals surface area (Å²) in [6, 6.07) is 2.11. The molecule has 1 heterocycles. The third-order valence-corrected chi connectivity index (χ3v) is 3.97. The summed E-state index contributed by atoms with van der Waals surface area (Å²) in [5.41, 5.74) is 6.59. The van der Waals surface area contributed by atoms with Gasteiger partial charge < -0.3 is 10.5 Å². The Kier molecular flexibility index (Phi) is 5.50. The Morgan fingerprint density at radius 2 is 2.15 bits per heavy atom. The summed E-state index contributed by atoms with van der Waals surface area (Å²) >= 11 is 8.61. The maximum absolute atomic E-state index is 5.30. The highest BCUT2D eigenvalue weighted by Gasteiger charge is 2.04. The number of nitrogens with two attached hydrogens (primary N) is 1. The summed E-state index contributed by atoms with van der Waals surface area (Å²) in [4.78, 5) is 0. The van der Waals surface area contributed by atoms with Gasteiger partial charge in [-0.3, -0.25) is 0 Å². The van der Waals surface area contributed by atoms with Gasteiger partial charge in [0, 0.05) is 6.54 Å². The molecule has 5 heteroatoms. The van der Waals surface area contributed by atoms with Gasteiger partial charge in [-0.05, 0) is 49.9 Å². The summed E-state index contributed by atoms with van der Waals surface area (Å²) in [6.07, 6.45) is 0.933. The van der Waals surface area contributed by atoms with Crippen LogP contribution in [0.4, 0.5) is 0 Å². The fourth-order valence-electron chi connectivity index (χ4n) is 0.912. The van der Waals surface area contributed by atoms with E-state index in [4.69, 9.17) is 10.5 Å². The van der Waals surface area contributed by atoms with Crippen LogP contribution in [0.2, 0.25) is 0 Å². The third kappa shape index (κ3) is 4.08. The van der Waals surface area contributed by atoms with Gasteiger partial charge in [-0.25, -0.2) is 0 Å². The van der Waals surface area contributed by atoms with Crippen LogP contribution >= 0.6 is 43.2 Å². The van der Waals surface area contributed by atoms with Crippen molar-refractivity contribution in [3.63, 3.8) is 0 Å². The average Bonchev–Trinajstić information content (AvgIpc) is 2.39. The number of hydrogen-bond acceptors (Lipinski definition) is 3. The van der Waals surface area contributed by atoms with Crippen LogP contribution < -0.4 is 5.73 Å². The van der Waals surface area contributed by atoms with Gasteiger partial charge in [0.15, 0.2) is 0 Å². The van der Waals surface area contributed by atoms with Crippen LogP contribution in [0.1, 0.15) is 5.56 Å². The predicted molar refractivity (Wildman–Crippen MR) is 63.3 cm³/mol. The highest BCUT2D eigenvalue weighted by atomic mass is 79.9. The maximum atomic E-state index is 5.30. The van der Waals surface area contributed by atoms with Crippen molar-refractivity contribution in [3.8, 4) is 0 Å². The molecule has 0 radical (unpaired) electrons. The number of halogens is 2. The van der Waals surface area contributed by atoms with Crippen molar-refractivity contribution in [3.05, 3.63) is 19.2 Å². The second-order valence-corrected chi connectivity index (χ2v) is 6.25. The van der Waals surface area contributed by atoms with Crippen molar-refractivity contribution in [1.82, 2.24) is 0 Å². The Bertz CT molecular complexity index is 265. The van der Waals surface area contributed by atoms with Crippen molar-refractivity contribution in [2.45, 2.75) is 6.42 Å². The fourth-order valence-corrected chi connectivity index (χ4v) is 3.83. The first-order valence-electron chi connectivity index (χ1n) is 3.95. The van der Waals surface area contributed by atoms with E-state index in [-0.39, 0.29) is 0 Å².